The lowest BCUT2D eigenvalue weighted by molar-refractivity contribution is 0.00693. The molecule has 3 aromatic heterocycles. The van der Waals surface area contributed by atoms with Crippen molar-refractivity contribution in [3.63, 3.8) is 0 Å². The Morgan fingerprint density at radius 2 is 1.47 bits per heavy atom. The van der Waals surface area contributed by atoms with Gasteiger partial charge in [0.25, 0.3) is 5.91 Å². The minimum absolute atomic E-state index is 0.0157. The molecular weight excluding hydrogens is 943 g/mol. The van der Waals surface area contributed by atoms with E-state index in [1.807, 2.05) is 44.4 Å². The van der Waals surface area contributed by atoms with Crippen LogP contribution in [0.25, 0.3) is 10.9 Å². The van der Waals surface area contributed by atoms with Gasteiger partial charge in [-0.2, -0.15) is 4.68 Å². The van der Waals surface area contributed by atoms with Crippen molar-refractivity contribution in [2.24, 2.45) is 0 Å². The third-order valence-corrected chi connectivity index (χ3v) is 15.7. The number of piperazine rings is 3. The molecule has 0 saturated carbocycles. The van der Waals surface area contributed by atoms with Gasteiger partial charge in [0.15, 0.2) is 15.7 Å². The molecule has 6 heterocycles. The molecule has 1 aromatic carbocycles. The molecule has 22 heteroatoms. The SMILES string of the molecule is Cc1c(Nc2ncnc3cc(OCCCN4CCN(C(=O)c5cnc(N6CCN(CC7CN(C(=O)OC(C)(C)C)C(C)CN7)[C@H](C)C6)nc5)CC4)c(S(=O)(=O)C(C)(C)C)cc23)nn(C(=O)OC(C)(C)C)c1C. The molecule has 21 nitrogen and oxygen atoms in total. The van der Waals surface area contributed by atoms with Crippen molar-refractivity contribution in [2.75, 3.05) is 88.8 Å². The number of anilines is 3. The number of sulfone groups is 1. The number of ether oxygens (including phenoxy) is 3. The van der Waals surface area contributed by atoms with Crippen LogP contribution in [0.2, 0.25) is 0 Å². The smallest absolute Gasteiger partial charge is 0.435 e. The highest BCUT2D eigenvalue weighted by Gasteiger charge is 2.37. The number of aromatic nitrogens is 6. The molecule has 72 heavy (non-hydrogen) atoms. The van der Waals surface area contributed by atoms with Crippen LogP contribution in [0.4, 0.5) is 27.2 Å². The van der Waals surface area contributed by atoms with Gasteiger partial charge in [0.2, 0.25) is 5.95 Å². The summed E-state index contributed by atoms with van der Waals surface area (Å²) >= 11 is 0. The van der Waals surface area contributed by atoms with Crippen LogP contribution in [0.1, 0.15) is 104 Å². The molecule has 394 valence electrons. The maximum absolute atomic E-state index is 14.1. The number of nitrogens with one attached hydrogen (secondary N) is 2. The molecule has 3 atom stereocenters. The first kappa shape index (κ1) is 54.1. The largest absolute Gasteiger partial charge is 0.492 e. The van der Waals surface area contributed by atoms with Crippen LogP contribution >= 0.6 is 0 Å². The number of fused-ring (bicyclic) bond motifs is 1. The predicted molar refractivity (Wildman–Crippen MR) is 275 cm³/mol. The molecule has 3 aliphatic heterocycles. The van der Waals surface area contributed by atoms with Gasteiger partial charge in [-0.05, 0) is 102 Å². The molecule has 0 spiro atoms. The van der Waals surface area contributed by atoms with Crippen molar-refractivity contribution >= 4 is 56.4 Å². The standard InChI is InChI=1S/C50H75N13O8S/c1-32-25-51-37(30-62(32)46(65)70-48(5,6)7)29-60-20-21-61(28-33(60)2)45-52-26-36(27-53-45)44(64)59-18-16-58(17-19-59)15-14-22-69-40-24-39-38(23-41(40)72(67,68)50(11,12)13)43(55-31-54-39)56-42-34(3)35(4)63(57-42)47(66)71-49(8,9)10/h23-24,26-27,31-33,37,51H,14-22,25,28-30H2,1-13H3,(H,54,55,56,57)/t32?,33-,37?/m1/s1. The Balaban J connectivity index is 0.902. The number of amides is 2. The molecule has 0 bridgehead atoms. The zero-order chi connectivity index (χ0) is 52.5. The summed E-state index contributed by atoms with van der Waals surface area (Å²) in [6.45, 7) is 31.5. The first-order chi connectivity index (χ1) is 33.7. The molecule has 4 aromatic rings. The summed E-state index contributed by atoms with van der Waals surface area (Å²) < 4.78 is 45.7. The first-order valence-corrected chi connectivity index (χ1v) is 26.5. The van der Waals surface area contributed by atoms with E-state index in [9.17, 15) is 22.8 Å². The van der Waals surface area contributed by atoms with E-state index in [4.69, 9.17) is 14.2 Å². The molecule has 3 fully saturated rings. The quantitative estimate of drug-likeness (QED) is 0.163. The number of carbonyl (C=O) groups is 3. The predicted octanol–water partition coefficient (Wildman–Crippen LogP) is 5.67. The summed E-state index contributed by atoms with van der Waals surface area (Å²) in [6.07, 6.45) is 4.34. The molecule has 7 rings (SSSR count). The van der Waals surface area contributed by atoms with Crippen molar-refractivity contribution in [3.05, 3.63) is 47.7 Å². The second-order valence-corrected chi connectivity index (χ2v) is 24.9. The van der Waals surface area contributed by atoms with Gasteiger partial charge in [-0.1, -0.05) is 0 Å². The number of benzene rings is 1. The van der Waals surface area contributed by atoms with Crippen molar-refractivity contribution in [2.45, 2.75) is 135 Å². The third kappa shape index (κ3) is 12.7. The molecule has 3 saturated heterocycles. The van der Waals surface area contributed by atoms with E-state index in [0.29, 0.717) is 97.5 Å². The second-order valence-electron chi connectivity index (χ2n) is 22.2. The first-order valence-electron chi connectivity index (χ1n) is 25.0. The number of rotatable bonds is 12. The Kier molecular flexibility index (Phi) is 16.1. The molecule has 0 aliphatic carbocycles. The van der Waals surface area contributed by atoms with E-state index in [2.05, 4.69) is 57.3 Å². The highest BCUT2D eigenvalue weighted by atomic mass is 32.2. The second kappa shape index (κ2) is 21.4. The van der Waals surface area contributed by atoms with Crippen LogP contribution in [-0.4, -0.2) is 189 Å². The topological polar surface area (TPSA) is 223 Å². The Bertz CT molecular complexity index is 2710. The van der Waals surface area contributed by atoms with Gasteiger partial charge in [-0.25, -0.2) is 37.9 Å². The fourth-order valence-corrected chi connectivity index (χ4v) is 10.2. The summed E-state index contributed by atoms with van der Waals surface area (Å²) in [4.78, 5) is 68.1. The van der Waals surface area contributed by atoms with E-state index in [0.717, 1.165) is 26.2 Å². The number of hydrogen-bond donors (Lipinski definition) is 2. The average Bonchev–Trinajstić information content (AvgIpc) is 3.58. The number of carbonyl (C=O) groups excluding carboxylic acids is 3. The molecule has 0 radical (unpaired) electrons. The van der Waals surface area contributed by atoms with Gasteiger partial charge in [-0.3, -0.25) is 14.6 Å². The van der Waals surface area contributed by atoms with Crippen LogP contribution in [0.5, 0.6) is 5.75 Å². The van der Waals surface area contributed by atoms with Gasteiger partial charge in [-0.15, -0.1) is 5.10 Å². The summed E-state index contributed by atoms with van der Waals surface area (Å²) in [7, 11) is -3.91. The lowest BCUT2D eigenvalue weighted by Gasteiger charge is -2.44. The summed E-state index contributed by atoms with van der Waals surface area (Å²) in [6, 6.07) is 3.57. The van der Waals surface area contributed by atoms with Gasteiger partial charge in [0.1, 0.15) is 34.0 Å². The maximum Gasteiger partial charge on any atom is 0.435 e. The summed E-state index contributed by atoms with van der Waals surface area (Å²) in [5, 5.41) is 11.7. The van der Waals surface area contributed by atoms with E-state index >= 15 is 0 Å². The van der Waals surface area contributed by atoms with Gasteiger partial charge >= 0.3 is 12.2 Å². The summed E-state index contributed by atoms with van der Waals surface area (Å²) in [5.74, 6) is 1.36. The third-order valence-electron chi connectivity index (χ3n) is 13.2. The Labute approximate surface area is 424 Å². The van der Waals surface area contributed by atoms with Gasteiger partial charge in [0.05, 0.1) is 28.1 Å². The van der Waals surface area contributed by atoms with Crippen LogP contribution < -0.4 is 20.3 Å². The monoisotopic (exact) mass is 1020 g/mol. The molecular formula is C50H75N13O8S. The van der Waals surface area contributed by atoms with Gasteiger partial charge in [0, 0.05) is 120 Å². The molecule has 2 amide bonds. The fraction of sp³-hybridized carbons (Fsp3) is 0.640. The normalized spacial score (nSPS) is 19.9. The zero-order valence-electron chi connectivity index (χ0n) is 44.4. The molecule has 2 N–H and O–H groups in total. The zero-order valence-corrected chi connectivity index (χ0v) is 45.2. The fourth-order valence-electron chi connectivity index (χ4n) is 8.89. The van der Waals surface area contributed by atoms with Crippen LogP contribution in [0.3, 0.4) is 0 Å². The molecule has 2 unspecified atom stereocenters. The lowest BCUT2D eigenvalue weighted by Crippen LogP contribution is -2.63. The summed E-state index contributed by atoms with van der Waals surface area (Å²) in [5.41, 5.74) is 0.911. The van der Waals surface area contributed by atoms with Crippen molar-refractivity contribution in [1.29, 1.82) is 0 Å². The maximum atomic E-state index is 14.1. The minimum Gasteiger partial charge on any atom is -0.492 e. The van der Waals surface area contributed by atoms with Crippen LogP contribution in [-0.2, 0) is 19.3 Å². The average molecular weight is 1020 g/mol. The highest BCUT2D eigenvalue weighted by molar-refractivity contribution is 7.92. The Morgan fingerprint density at radius 3 is 2.11 bits per heavy atom. The van der Waals surface area contributed by atoms with Crippen LogP contribution in [0, 0.1) is 13.8 Å². The van der Waals surface area contributed by atoms with E-state index < -0.39 is 31.9 Å². The Morgan fingerprint density at radius 1 is 0.806 bits per heavy atom. The van der Waals surface area contributed by atoms with Gasteiger partial charge < -0.3 is 39.5 Å². The lowest BCUT2D eigenvalue weighted by atomic mass is 10.1. The van der Waals surface area contributed by atoms with Crippen LogP contribution in [0.15, 0.2) is 35.7 Å². The Hall–Kier alpha value is -5.71. The number of nitrogens with zero attached hydrogens (tertiary/aromatic N) is 11. The minimum atomic E-state index is -3.91. The number of hydrogen-bond acceptors (Lipinski definition) is 18. The van der Waals surface area contributed by atoms with Crippen molar-refractivity contribution < 1.29 is 37.0 Å². The van der Waals surface area contributed by atoms with E-state index in [1.165, 1.54) is 11.0 Å². The molecule has 3 aliphatic rings. The highest BCUT2D eigenvalue weighted by Crippen LogP contribution is 2.37. The van der Waals surface area contributed by atoms with E-state index in [1.54, 1.807) is 73.0 Å². The van der Waals surface area contributed by atoms with E-state index in [-0.39, 0.29) is 47.4 Å². The van der Waals surface area contributed by atoms with Crippen molar-refractivity contribution in [1.82, 2.24) is 54.6 Å². The van der Waals surface area contributed by atoms with Crippen molar-refractivity contribution in [3.8, 4) is 5.75 Å².